The first-order chi connectivity index (χ1) is 13.7. The Balaban J connectivity index is 1.61. The minimum absolute atomic E-state index is 0.363. The third-order valence-electron chi connectivity index (χ3n) is 4.48. The second-order valence-corrected chi connectivity index (χ2v) is 6.33. The molecule has 0 unspecified atom stereocenters. The molecule has 9 heteroatoms. The average molecular weight is 403 g/mol. The van der Waals surface area contributed by atoms with Crippen LogP contribution in [0, 0.1) is 17.5 Å². The highest BCUT2D eigenvalue weighted by Gasteiger charge is 2.36. The summed E-state index contributed by atoms with van der Waals surface area (Å²) in [5.41, 5.74) is 0.837. The summed E-state index contributed by atoms with van der Waals surface area (Å²) < 4.78 is 39.7. The van der Waals surface area contributed by atoms with Crippen molar-refractivity contribution in [2.75, 3.05) is 11.9 Å². The molecule has 0 saturated heterocycles. The zero-order valence-electron chi connectivity index (χ0n) is 15.3. The van der Waals surface area contributed by atoms with Gasteiger partial charge in [0.1, 0.15) is 6.04 Å². The Bertz CT molecular complexity index is 1000. The minimum Gasteiger partial charge on any atom is -0.345 e. The normalized spacial score (nSPS) is 13.9. The van der Waals surface area contributed by atoms with Crippen LogP contribution in [0.15, 0.2) is 43.0 Å². The molecular formula is C20H16F3N3O3. The SMILES string of the molecule is C=C1c2ccccc2C(=O)N1[C@@H](C)C(=O)NCC(=O)Nc1ccc(F)c(F)c1F. The molecule has 1 aliphatic heterocycles. The summed E-state index contributed by atoms with van der Waals surface area (Å²) in [7, 11) is 0. The van der Waals surface area contributed by atoms with E-state index < -0.39 is 47.5 Å². The maximum atomic E-state index is 13.6. The molecule has 0 spiro atoms. The van der Waals surface area contributed by atoms with Gasteiger partial charge in [0.05, 0.1) is 12.2 Å². The number of hydrogen-bond acceptors (Lipinski definition) is 3. The molecule has 2 aromatic rings. The molecule has 0 fully saturated rings. The summed E-state index contributed by atoms with van der Waals surface area (Å²) in [6, 6.07) is 7.33. The highest BCUT2D eigenvalue weighted by atomic mass is 19.2. The maximum Gasteiger partial charge on any atom is 0.259 e. The first-order valence-corrected chi connectivity index (χ1v) is 8.55. The number of carbonyl (C=O) groups excluding carboxylic acids is 3. The first kappa shape index (κ1) is 20.1. The summed E-state index contributed by atoms with van der Waals surface area (Å²) in [5, 5.41) is 4.36. The van der Waals surface area contributed by atoms with Gasteiger partial charge in [-0.3, -0.25) is 19.3 Å². The van der Waals surface area contributed by atoms with Crippen LogP contribution in [0.25, 0.3) is 5.70 Å². The molecule has 1 aliphatic rings. The third-order valence-corrected chi connectivity index (χ3v) is 4.48. The molecule has 150 valence electrons. The highest BCUT2D eigenvalue weighted by molar-refractivity contribution is 6.11. The molecule has 29 heavy (non-hydrogen) atoms. The van der Waals surface area contributed by atoms with E-state index in [9.17, 15) is 27.6 Å². The van der Waals surface area contributed by atoms with Crippen molar-refractivity contribution in [1.29, 1.82) is 0 Å². The predicted octanol–water partition coefficient (Wildman–Crippen LogP) is 2.67. The Hall–Kier alpha value is -3.62. The van der Waals surface area contributed by atoms with Crippen LogP contribution in [0.5, 0.6) is 0 Å². The largest absolute Gasteiger partial charge is 0.345 e. The Morgan fingerprint density at radius 3 is 2.38 bits per heavy atom. The quantitative estimate of drug-likeness (QED) is 0.754. The molecule has 3 amide bonds. The van der Waals surface area contributed by atoms with Crippen molar-refractivity contribution in [3.05, 3.63) is 71.6 Å². The fraction of sp³-hybridized carbons (Fsp3) is 0.150. The summed E-state index contributed by atoms with van der Waals surface area (Å²) in [6.07, 6.45) is 0. The molecule has 1 atom stereocenters. The van der Waals surface area contributed by atoms with Crippen LogP contribution < -0.4 is 10.6 Å². The molecule has 0 radical (unpaired) electrons. The van der Waals surface area contributed by atoms with Crippen molar-refractivity contribution in [3.8, 4) is 0 Å². The van der Waals surface area contributed by atoms with Crippen LogP contribution >= 0.6 is 0 Å². The van der Waals surface area contributed by atoms with Gasteiger partial charge in [-0.25, -0.2) is 13.2 Å². The molecule has 1 heterocycles. The minimum atomic E-state index is -1.72. The lowest BCUT2D eigenvalue weighted by atomic mass is 10.1. The van der Waals surface area contributed by atoms with Gasteiger partial charge in [-0.1, -0.05) is 24.8 Å². The number of benzene rings is 2. The third kappa shape index (κ3) is 3.71. The summed E-state index contributed by atoms with van der Waals surface area (Å²) >= 11 is 0. The van der Waals surface area contributed by atoms with Gasteiger partial charge in [0, 0.05) is 16.8 Å². The standard InChI is InChI=1S/C20H16F3N3O3/c1-10-12-5-3-4-6-13(12)20(29)26(10)11(2)19(28)24-9-16(27)25-15-8-7-14(21)17(22)18(15)23/h3-8,11H,1,9H2,2H3,(H,24,28)(H,25,27)/t11-/m0/s1. The van der Waals surface area contributed by atoms with Gasteiger partial charge in [-0.05, 0) is 25.1 Å². The van der Waals surface area contributed by atoms with Crippen molar-refractivity contribution >= 4 is 29.1 Å². The number of rotatable bonds is 5. The zero-order chi connectivity index (χ0) is 21.3. The van der Waals surface area contributed by atoms with Gasteiger partial charge in [0.15, 0.2) is 17.5 Å². The number of amides is 3. The van der Waals surface area contributed by atoms with Crippen molar-refractivity contribution < 1.29 is 27.6 Å². The number of anilines is 1. The van der Waals surface area contributed by atoms with Gasteiger partial charge < -0.3 is 10.6 Å². The zero-order valence-corrected chi connectivity index (χ0v) is 15.3. The first-order valence-electron chi connectivity index (χ1n) is 8.55. The smallest absolute Gasteiger partial charge is 0.259 e. The molecule has 0 aromatic heterocycles. The van der Waals surface area contributed by atoms with Gasteiger partial charge >= 0.3 is 0 Å². The van der Waals surface area contributed by atoms with Crippen molar-refractivity contribution in [1.82, 2.24) is 10.2 Å². The summed E-state index contributed by atoms with van der Waals surface area (Å²) in [6.45, 7) is 4.75. The second-order valence-electron chi connectivity index (χ2n) is 6.33. The fourth-order valence-corrected chi connectivity index (χ4v) is 2.96. The Morgan fingerprint density at radius 2 is 1.72 bits per heavy atom. The van der Waals surface area contributed by atoms with E-state index in [1.807, 2.05) is 5.32 Å². The van der Waals surface area contributed by atoms with E-state index in [0.717, 1.165) is 6.07 Å². The van der Waals surface area contributed by atoms with Crippen LogP contribution in [-0.2, 0) is 9.59 Å². The molecule has 0 aliphatic carbocycles. The maximum absolute atomic E-state index is 13.6. The average Bonchev–Trinajstić information content (AvgIpc) is 2.96. The summed E-state index contributed by atoms with van der Waals surface area (Å²) in [4.78, 5) is 38.0. The van der Waals surface area contributed by atoms with E-state index in [1.54, 1.807) is 24.3 Å². The van der Waals surface area contributed by atoms with Crippen molar-refractivity contribution in [3.63, 3.8) is 0 Å². The van der Waals surface area contributed by atoms with Gasteiger partial charge in [-0.15, -0.1) is 0 Å². The number of fused-ring (bicyclic) bond motifs is 1. The van der Waals surface area contributed by atoms with Crippen molar-refractivity contribution in [2.24, 2.45) is 0 Å². The fourth-order valence-electron chi connectivity index (χ4n) is 2.96. The molecule has 3 rings (SSSR count). The van der Waals surface area contributed by atoms with E-state index in [4.69, 9.17) is 0 Å². The van der Waals surface area contributed by atoms with E-state index in [0.29, 0.717) is 22.9 Å². The number of nitrogens with one attached hydrogen (secondary N) is 2. The Labute approximate surface area is 164 Å². The van der Waals surface area contributed by atoms with Crippen molar-refractivity contribution in [2.45, 2.75) is 13.0 Å². The monoisotopic (exact) mass is 403 g/mol. The predicted molar refractivity (Wildman–Crippen MR) is 99.1 cm³/mol. The van der Waals surface area contributed by atoms with Crippen LogP contribution in [0.3, 0.4) is 0 Å². The highest BCUT2D eigenvalue weighted by Crippen LogP contribution is 2.32. The van der Waals surface area contributed by atoms with Gasteiger partial charge in [-0.2, -0.15) is 0 Å². The van der Waals surface area contributed by atoms with E-state index in [2.05, 4.69) is 11.9 Å². The topological polar surface area (TPSA) is 78.5 Å². The molecule has 6 nitrogen and oxygen atoms in total. The molecule has 2 N–H and O–H groups in total. The number of hydrogen-bond donors (Lipinski definition) is 2. The van der Waals surface area contributed by atoms with Gasteiger partial charge in [0.25, 0.3) is 5.91 Å². The van der Waals surface area contributed by atoms with E-state index in [-0.39, 0.29) is 5.91 Å². The Morgan fingerprint density at radius 1 is 1.07 bits per heavy atom. The molecule has 0 bridgehead atoms. The molecular weight excluding hydrogens is 387 g/mol. The number of halogens is 3. The lowest BCUT2D eigenvalue weighted by Gasteiger charge is -2.24. The Kier molecular flexibility index (Phi) is 5.40. The van der Waals surface area contributed by atoms with Crippen LogP contribution in [-0.4, -0.2) is 35.2 Å². The second kappa shape index (κ2) is 7.78. The lowest BCUT2D eigenvalue weighted by molar-refractivity contribution is -0.126. The van der Waals surface area contributed by atoms with E-state index in [1.165, 1.54) is 11.8 Å². The molecule has 0 saturated carbocycles. The van der Waals surface area contributed by atoms with Crippen LogP contribution in [0.4, 0.5) is 18.9 Å². The molecule has 2 aromatic carbocycles. The number of nitrogens with zero attached hydrogens (tertiary/aromatic N) is 1. The lowest BCUT2D eigenvalue weighted by Crippen LogP contribution is -2.46. The van der Waals surface area contributed by atoms with Gasteiger partial charge in [0.2, 0.25) is 11.8 Å². The summed E-state index contributed by atoms with van der Waals surface area (Å²) in [5.74, 6) is -6.54. The number of carbonyl (C=O) groups is 3. The van der Waals surface area contributed by atoms with Crippen LogP contribution in [0.2, 0.25) is 0 Å². The van der Waals surface area contributed by atoms with Crippen LogP contribution in [0.1, 0.15) is 22.8 Å². The van der Waals surface area contributed by atoms with E-state index >= 15 is 0 Å².